The molecule has 26 heteroatoms. The highest BCUT2D eigenvalue weighted by atomic mass is 35.5. The van der Waals surface area contributed by atoms with Crippen LogP contribution in [0.25, 0.3) is 0 Å². The molecule has 0 aliphatic heterocycles. The fraction of sp³-hybridized carbons (Fsp3) is 0.788. The molecule has 1 aromatic heterocycles. The quantitative estimate of drug-likeness (QED) is 0.0533. The smallest absolute Gasteiger partial charge is 0.303 e. The average molecular weight is 934 g/mol. The van der Waals surface area contributed by atoms with Crippen LogP contribution in [0, 0.1) is 17.2 Å². The number of hydrogen-bond donors (Lipinski definition) is 6. The number of rotatable bonds is 18. The van der Waals surface area contributed by atoms with Crippen molar-refractivity contribution in [2.45, 2.75) is 135 Å². The summed E-state index contributed by atoms with van der Waals surface area (Å²) in [4.78, 5) is 39.0. The van der Waals surface area contributed by atoms with Gasteiger partial charge in [0.05, 0.1) is 51.3 Å². The molecule has 6 N–H and O–H groups in total. The zero-order valence-electron chi connectivity index (χ0n) is 32.1. The zero-order valence-corrected chi connectivity index (χ0v) is 36.0. The van der Waals surface area contributed by atoms with E-state index in [0.29, 0.717) is 45.2 Å². The monoisotopic (exact) mass is 932 g/mol. The molecule has 1 aromatic rings. The van der Waals surface area contributed by atoms with Gasteiger partial charge in [-0.2, -0.15) is 40.7 Å². The van der Waals surface area contributed by atoms with Crippen LogP contribution in [0.3, 0.4) is 0 Å². The van der Waals surface area contributed by atoms with Gasteiger partial charge in [-0.3, -0.25) is 28.0 Å². The van der Waals surface area contributed by atoms with Gasteiger partial charge in [0.25, 0.3) is 30.4 Å². The van der Waals surface area contributed by atoms with Gasteiger partial charge in [0.1, 0.15) is 11.6 Å². The van der Waals surface area contributed by atoms with Gasteiger partial charge in [-0.05, 0) is 83.7 Å². The molecule has 0 bridgehead atoms. The zero-order chi connectivity index (χ0) is 43.9. The van der Waals surface area contributed by atoms with Crippen LogP contribution in [0.15, 0.2) is 16.4 Å². The first kappa shape index (κ1) is 48.6. The Hall–Kier alpha value is -3.02. The van der Waals surface area contributed by atoms with Gasteiger partial charge in [-0.15, -0.1) is 28.3 Å². The largest absolute Gasteiger partial charge is 0.481 e. The van der Waals surface area contributed by atoms with Gasteiger partial charge in [0.2, 0.25) is 11.8 Å². The summed E-state index contributed by atoms with van der Waals surface area (Å²) in [7, 11) is -13.5. The number of nitrogens with zero attached hydrogens (tertiary/aromatic N) is 6. The second-order valence-electron chi connectivity index (χ2n) is 15.4. The molecule has 59 heavy (non-hydrogen) atoms. The van der Waals surface area contributed by atoms with Crippen LogP contribution in [-0.4, -0.2) is 141 Å². The van der Waals surface area contributed by atoms with Crippen molar-refractivity contribution >= 4 is 77.2 Å². The van der Waals surface area contributed by atoms with Crippen molar-refractivity contribution in [1.29, 1.82) is 5.26 Å². The Kier molecular flexibility index (Phi) is 17.1. The predicted molar refractivity (Wildman–Crippen MR) is 212 cm³/mol. The highest BCUT2D eigenvalue weighted by molar-refractivity contribution is 7.87. The number of aliphatic carboxylic acids is 1. The molecular weight excluding hydrogens is 884 g/mol. The summed E-state index contributed by atoms with van der Waals surface area (Å²) >= 11 is 13.7. The second kappa shape index (κ2) is 20.7. The molecule has 0 saturated heterocycles. The number of carboxylic acids is 1. The maximum absolute atomic E-state index is 13.4. The molecule has 0 spiro atoms. The van der Waals surface area contributed by atoms with Gasteiger partial charge in [-0.25, -0.2) is 4.68 Å². The van der Waals surface area contributed by atoms with Crippen molar-refractivity contribution in [2.24, 2.45) is 16.1 Å². The molecule has 1 heterocycles. The number of azo groups is 1. The number of amides is 2. The van der Waals surface area contributed by atoms with Crippen molar-refractivity contribution in [3.8, 4) is 6.07 Å². The number of aromatic nitrogens is 2. The molecule has 4 rings (SSSR count). The Morgan fingerprint density at radius 1 is 0.915 bits per heavy atom. The van der Waals surface area contributed by atoms with Gasteiger partial charge in [-0.1, -0.05) is 0 Å². The van der Waals surface area contributed by atoms with Gasteiger partial charge >= 0.3 is 5.97 Å². The Balaban J connectivity index is 1.48. The molecule has 2 amide bonds. The minimum Gasteiger partial charge on any atom is -0.481 e. The number of nitrogens with one attached hydrogen (secondary N) is 2. The minimum atomic E-state index is -4.69. The van der Waals surface area contributed by atoms with E-state index in [1.165, 1.54) is 17.8 Å². The number of hydrogen-bond acceptors (Lipinski definition) is 14. The normalized spacial score (nSPS) is 29.5. The van der Waals surface area contributed by atoms with Gasteiger partial charge < -0.3 is 20.6 Å². The van der Waals surface area contributed by atoms with Crippen LogP contribution in [0.4, 0.5) is 5.82 Å². The molecule has 3 saturated carbocycles. The Bertz CT molecular complexity index is 2030. The Morgan fingerprint density at radius 2 is 1.53 bits per heavy atom. The van der Waals surface area contributed by atoms with Crippen LogP contribution in [0.5, 0.6) is 0 Å². The topological polar surface area (TPSA) is 328 Å². The number of carbonyl (C=O) groups is 3. The third-order valence-electron chi connectivity index (χ3n) is 11.0. The summed E-state index contributed by atoms with van der Waals surface area (Å²) < 4.78 is 99.7. The van der Waals surface area contributed by atoms with E-state index < -0.39 is 106 Å². The first-order valence-electron chi connectivity index (χ1n) is 19.0. The van der Waals surface area contributed by atoms with Crippen molar-refractivity contribution in [3.05, 3.63) is 11.8 Å². The van der Waals surface area contributed by atoms with Crippen LogP contribution in [-0.2, 0) is 44.7 Å². The minimum absolute atomic E-state index is 0.0309. The van der Waals surface area contributed by atoms with Crippen LogP contribution >= 0.6 is 23.2 Å². The first-order valence-corrected chi connectivity index (χ1v) is 24.5. The molecule has 21 nitrogen and oxygen atoms in total. The molecule has 0 aromatic carbocycles. The highest BCUT2D eigenvalue weighted by Crippen LogP contribution is 2.42. The number of carboxylic acid groups (broad SMARTS) is 1. The fourth-order valence-corrected chi connectivity index (χ4v) is 11.9. The molecule has 332 valence electrons. The van der Waals surface area contributed by atoms with Gasteiger partial charge in [0, 0.05) is 31.3 Å². The van der Waals surface area contributed by atoms with Crippen molar-refractivity contribution in [2.75, 3.05) is 18.8 Å². The predicted octanol–water partition coefficient (Wildman–Crippen LogP) is 2.45. The molecule has 7 unspecified atom stereocenters. The fourth-order valence-electron chi connectivity index (χ4n) is 8.22. The van der Waals surface area contributed by atoms with E-state index in [0.717, 1.165) is 0 Å². The SMILES string of the molecule is CC(=O)NC1CC(N(CCCCS(=O)(=O)O)CCCC(=O)O)CCC1N=Nc1c(C#N)cnn1C1C(Cl)CC(C(=O)NC2CC(S(=O)(=O)O)CC(S(=O)(=O)O)C2)CC1Cl. The van der Waals surface area contributed by atoms with E-state index in [1.54, 1.807) is 0 Å². The summed E-state index contributed by atoms with van der Waals surface area (Å²) in [5.74, 6) is -3.08. The van der Waals surface area contributed by atoms with Crippen molar-refractivity contribution < 1.29 is 58.4 Å². The van der Waals surface area contributed by atoms with Crippen LogP contribution in [0.2, 0.25) is 0 Å². The first-order chi connectivity index (χ1) is 27.5. The average Bonchev–Trinajstić information content (AvgIpc) is 3.52. The summed E-state index contributed by atoms with van der Waals surface area (Å²) in [6.45, 7) is 2.18. The van der Waals surface area contributed by atoms with E-state index in [1.807, 2.05) is 6.07 Å². The maximum atomic E-state index is 13.4. The molecule has 7 atom stereocenters. The standard InChI is InChI=1S/C33H50Cl2N8O13S3/c1-19(44)38-29-15-23(42(9-4-5-30(45)46)8-2-3-10-57(48,49)50)6-7-28(29)40-41-32-21(17-36)18-37-43(32)31-26(34)11-20(12-27(31)35)33(47)39-22-13-24(58(51,52)53)16-25(14-22)59(54,55)56/h18,20,22-29,31H,2-16H2,1H3,(H,38,44)(H,39,47)(H,45,46)(H,48,49,50)(H,51,52,53)(H,54,55,56). The van der Waals surface area contributed by atoms with E-state index in [2.05, 4.69) is 30.9 Å². The molecule has 3 aliphatic rings. The van der Waals surface area contributed by atoms with Gasteiger partial charge in [0.15, 0.2) is 5.82 Å². The lowest BCUT2D eigenvalue weighted by Gasteiger charge is -2.40. The lowest BCUT2D eigenvalue weighted by atomic mass is 9.84. The Labute approximate surface area is 352 Å². The van der Waals surface area contributed by atoms with Crippen molar-refractivity contribution in [3.63, 3.8) is 0 Å². The third-order valence-corrected chi connectivity index (χ3v) is 15.2. The summed E-state index contributed by atoms with van der Waals surface area (Å²) in [6, 6.07) is -1.03. The van der Waals surface area contributed by atoms with E-state index >= 15 is 0 Å². The number of alkyl halides is 2. The van der Waals surface area contributed by atoms with E-state index in [-0.39, 0.29) is 61.9 Å². The lowest BCUT2D eigenvalue weighted by Crippen LogP contribution is -2.51. The molecule has 3 aliphatic carbocycles. The lowest BCUT2D eigenvalue weighted by molar-refractivity contribution is -0.137. The number of unbranched alkanes of at least 4 members (excludes halogenated alkanes) is 1. The summed E-state index contributed by atoms with van der Waals surface area (Å²) in [6.07, 6.45) is 2.48. The number of carbonyl (C=O) groups excluding carboxylic acids is 2. The molecule has 3 fully saturated rings. The van der Waals surface area contributed by atoms with Crippen LogP contribution in [0.1, 0.15) is 95.6 Å². The van der Waals surface area contributed by atoms with E-state index in [4.69, 9.17) is 27.8 Å². The van der Waals surface area contributed by atoms with Crippen molar-refractivity contribution in [1.82, 2.24) is 25.3 Å². The second-order valence-corrected chi connectivity index (χ2v) is 21.5. The van der Waals surface area contributed by atoms with E-state index in [9.17, 15) is 59.1 Å². The summed E-state index contributed by atoms with van der Waals surface area (Å²) in [5, 5.41) is 33.2. The molecule has 0 radical (unpaired) electrons. The number of halogens is 2. The van der Waals surface area contributed by atoms with Crippen LogP contribution < -0.4 is 10.6 Å². The summed E-state index contributed by atoms with van der Waals surface area (Å²) in [5.41, 5.74) is 0.0414. The highest BCUT2D eigenvalue weighted by Gasteiger charge is 2.45. The maximum Gasteiger partial charge on any atom is 0.303 e. The Morgan fingerprint density at radius 3 is 2.07 bits per heavy atom. The molecular formula is C33H50Cl2N8O13S3. The third kappa shape index (κ3) is 14.3. The number of nitriles is 1.